The van der Waals surface area contributed by atoms with E-state index in [9.17, 15) is 4.79 Å². The molecule has 0 fully saturated rings. The first kappa shape index (κ1) is 12.5. The van der Waals surface area contributed by atoms with Crippen molar-refractivity contribution >= 4 is 10.9 Å². The van der Waals surface area contributed by atoms with E-state index in [1.807, 2.05) is 13.8 Å². The number of fused-ring (bicyclic) bond motifs is 1. The fourth-order valence-corrected chi connectivity index (χ4v) is 2.18. The van der Waals surface area contributed by atoms with Crippen molar-refractivity contribution in [2.45, 2.75) is 20.3 Å². The molecule has 0 aliphatic heterocycles. The van der Waals surface area contributed by atoms with Gasteiger partial charge in [0.05, 0.1) is 25.1 Å². The van der Waals surface area contributed by atoms with Gasteiger partial charge in [0.1, 0.15) is 11.5 Å². The van der Waals surface area contributed by atoms with Gasteiger partial charge >= 0.3 is 0 Å². The summed E-state index contributed by atoms with van der Waals surface area (Å²) in [5, 5.41) is 0.548. The third-order valence-corrected chi connectivity index (χ3v) is 3.22. The van der Waals surface area contributed by atoms with Crippen molar-refractivity contribution in [3.63, 3.8) is 0 Å². The van der Waals surface area contributed by atoms with Crippen molar-refractivity contribution in [3.05, 3.63) is 33.6 Å². The molecule has 4 nitrogen and oxygen atoms in total. The lowest BCUT2D eigenvalue weighted by Gasteiger charge is -2.12. The molecule has 0 aliphatic rings. The van der Waals surface area contributed by atoms with Crippen molar-refractivity contribution in [3.8, 4) is 11.5 Å². The molecular weight excluding hydrogens is 230 g/mol. The number of aromatic nitrogens is 1. The van der Waals surface area contributed by atoms with E-state index >= 15 is 0 Å². The van der Waals surface area contributed by atoms with Gasteiger partial charge in [0, 0.05) is 11.3 Å². The van der Waals surface area contributed by atoms with Crippen molar-refractivity contribution in [1.82, 2.24) is 4.98 Å². The van der Waals surface area contributed by atoms with E-state index in [1.165, 1.54) is 0 Å². The number of pyridine rings is 1. The Morgan fingerprint density at radius 2 is 1.78 bits per heavy atom. The standard InChI is InChI=1S/C14H17NO3/c1-5-9-8(2)14(16)12-10(17-3)6-7-11(18-4)13(12)15-9/h6-7H,5H2,1-4H3,(H,15,16). The van der Waals surface area contributed by atoms with Crippen LogP contribution < -0.4 is 14.9 Å². The highest BCUT2D eigenvalue weighted by Gasteiger charge is 2.14. The van der Waals surface area contributed by atoms with E-state index in [0.717, 1.165) is 17.7 Å². The molecule has 0 atom stereocenters. The fourth-order valence-electron chi connectivity index (χ4n) is 2.18. The molecule has 0 radical (unpaired) electrons. The summed E-state index contributed by atoms with van der Waals surface area (Å²) < 4.78 is 10.6. The number of ether oxygens (including phenoxy) is 2. The summed E-state index contributed by atoms with van der Waals surface area (Å²) in [6.07, 6.45) is 0.775. The minimum atomic E-state index is -0.00338. The van der Waals surface area contributed by atoms with Crippen molar-refractivity contribution in [2.75, 3.05) is 14.2 Å². The molecule has 1 aromatic carbocycles. The summed E-state index contributed by atoms with van der Waals surface area (Å²) in [5.74, 6) is 1.22. The van der Waals surface area contributed by atoms with E-state index in [0.29, 0.717) is 22.4 Å². The predicted octanol–water partition coefficient (Wildman–Crippen LogP) is 2.42. The maximum Gasteiger partial charge on any atom is 0.196 e. The molecular formula is C14H17NO3. The largest absolute Gasteiger partial charge is 0.496 e. The molecule has 0 unspecified atom stereocenters. The third-order valence-electron chi connectivity index (χ3n) is 3.22. The molecule has 0 saturated carbocycles. The maximum absolute atomic E-state index is 12.4. The number of rotatable bonds is 3. The Labute approximate surface area is 106 Å². The number of aromatic amines is 1. The number of aryl methyl sites for hydroxylation is 1. The molecule has 18 heavy (non-hydrogen) atoms. The van der Waals surface area contributed by atoms with Gasteiger partial charge in [0.25, 0.3) is 0 Å². The Balaban J connectivity index is 2.98. The first-order valence-corrected chi connectivity index (χ1v) is 5.90. The lowest BCUT2D eigenvalue weighted by atomic mass is 10.1. The van der Waals surface area contributed by atoms with Crippen molar-refractivity contribution in [1.29, 1.82) is 0 Å². The molecule has 1 N–H and O–H groups in total. The monoisotopic (exact) mass is 247 g/mol. The molecule has 96 valence electrons. The van der Waals surface area contributed by atoms with Gasteiger partial charge in [-0.3, -0.25) is 4.79 Å². The second-order valence-corrected chi connectivity index (χ2v) is 4.13. The first-order valence-electron chi connectivity index (χ1n) is 5.90. The lowest BCUT2D eigenvalue weighted by Crippen LogP contribution is -2.12. The normalized spacial score (nSPS) is 10.7. The summed E-state index contributed by atoms with van der Waals surface area (Å²) in [5.41, 5.74) is 2.36. The van der Waals surface area contributed by atoms with Crippen LogP contribution in [-0.2, 0) is 6.42 Å². The van der Waals surface area contributed by atoms with E-state index < -0.39 is 0 Å². The number of hydrogen-bond acceptors (Lipinski definition) is 3. The Kier molecular flexibility index (Phi) is 3.28. The van der Waals surface area contributed by atoms with Crippen LogP contribution in [0.4, 0.5) is 0 Å². The van der Waals surface area contributed by atoms with Gasteiger partial charge in [-0.15, -0.1) is 0 Å². The molecule has 1 aromatic heterocycles. The molecule has 1 heterocycles. The Bertz CT molecular complexity index is 644. The van der Waals surface area contributed by atoms with Crippen LogP contribution in [0.1, 0.15) is 18.2 Å². The van der Waals surface area contributed by atoms with Crippen LogP contribution in [0.25, 0.3) is 10.9 Å². The average molecular weight is 247 g/mol. The molecule has 2 aromatic rings. The number of hydrogen-bond donors (Lipinski definition) is 1. The molecule has 0 bridgehead atoms. The van der Waals surface area contributed by atoms with Gasteiger partial charge in [-0.2, -0.15) is 0 Å². The molecule has 0 aliphatic carbocycles. The Hall–Kier alpha value is -1.97. The van der Waals surface area contributed by atoms with Crippen LogP contribution in [0.15, 0.2) is 16.9 Å². The quantitative estimate of drug-likeness (QED) is 0.906. The van der Waals surface area contributed by atoms with E-state index in [2.05, 4.69) is 4.98 Å². The molecule has 2 rings (SSSR count). The van der Waals surface area contributed by atoms with Crippen LogP contribution in [0, 0.1) is 6.92 Å². The van der Waals surface area contributed by atoms with E-state index in [1.54, 1.807) is 26.4 Å². The molecule has 0 amide bonds. The predicted molar refractivity (Wildman–Crippen MR) is 71.8 cm³/mol. The van der Waals surface area contributed by atoms with Crippen LogP contribution in [0.3, 0.4) is 0 Å². The van der Waals surface area contributed by atoms with Crippen LogP contribution in [0.2, 0.25) is 0 Å². The number of methoxy groups -OCH3 is 2. The minimum Gasteiger partial charge on any atom is -0.496 e. The first-order chi connectivity index (χ1) is 8.63. The zero-order valence-electron chi connectivity index (χ0n) is 11.1. The fraction of sp³-hybridized carbons (Fsp3) is 0.357. The average Bonchev–Trinajstić information content (AvgIpc) is 2.41. The van der Waals surface area contributed by atoms with Gasteiger partial charge in [-0.05, 0) is 25.5 Å². The van der Waals surface area contributed by atoms with Crippen LogP contribution >= 0.6 is 0 Å². The van der Waals surface area contributed by atoms with Gasteiger partial charge in [-0.1, -0.05) is 6.92 Å². The summed E-state index contributed by atoms with van der Waals surface area (Å²) in [6, 6.07) is 3.55. The summed E-state index contributed by atoms with van der Waals surface area (Å²) in [7, 11) is 3.15. The van der Waals surface area contributed by atoms with E-state index in [4.69, 9.17) is 9.47 Å². The van der Waals surface area contributed by atoms with Gasteiger partial charge in [-0.25, -0.2) is 0 Å². The summed E-state index contributed by atoms with van der Waals surface area (Å²) in [4.78, 5) is 15.7. The summed E-state index contributed by atoms with van der Waals surface area (Å²) >= 11 is 0. The topological polar surface area (TPSA) is 51.3 Å². The second kappa shape index (κ2) is 4.72. The molecule has 0 spiro atoms. The zero-order chi connectivity index (χ0) is 13.3. The van der Waals surface area contributed by atoms with Gasteiger partial charge in [0.15, 0.2) is 5.43 Å². The smallest absolute Gasteiger partial charge is 0.196 e. The zero-order valence-corrected chi connectivity index (χ0v) is 11.1. The second-order valence-electron chi connectivity index (χ2n) is 4.13. The number of H-pyrrole nitrogens is 1. The van der Waals surface area contributed by atoms with Crippen LogP contribution in [0.5, 0.6) is 11.5 Å². The maximum atomic E-state index is 12.4. The molecule has 0 saturated heterocycles. The highest BCUT2D eigenvalue weighted by Crippen LogP contribution is 2.30. The highest BCUT2D eigenvalue weighted by molar-refractivity contribution is 5.90. The minimum absolute atomic E-state index is 0.00338. The number of benzene rings is 1. The SMILES string of the molecule is CCc1[nH]c2c(OC)ccc(OC)c2c(=O)c1C. The highest BCUT2D eigenvalue weighted by atomic mass is 16.5. The Morgan fingerprint density at radius 3 is 2.33 bits per heavy atom. The third kappa shape index (κ3) is 1.74. The lowest BCUT2D eigenvalue weighted by molar-refractivity contribution is 0.409. The van der Waals surface area contributed by atoms with Gasteiger partial charge in [0.2, 0.25) is 0 Å². The number of nitrogens with one attached hydrogen (secondary N) is 1. The van der Waals surface area contributed by atoms with Crippen molar-refractivity contribution < 1.29 is 9.47 Å². The van der Waals surface area contributed by atoms with Gasteiger partial charge < -0.3 is 14.5 Å². The van der Waals surface area contributed by atoms with E-state index in [-0.39, 0.29) is 5.43 Å². The Morgan fingerprint density at radius 1 is 1.17 bits per heavy atom. The van der Waals surface area contributed by atoms with Crippen molar-refractivity contribution in [2.24, 2.45) is 0 Å². The molecule has 4 heteroatoms. The van der Waals surface area contributed by atoms with Crippen LogP contribution in [-0.4, -0.2) is 19.2 Å². The summed E-state index contributed by atoms with van der Waals surface area (Å²) in [6.45, 7) is 3.84.